The SMILES string of the molecule is CC1CCC(CNC(C)c2ccc(Cl)c(Cl)c2)C1. The molecule has 0 saturated heterocycles. The Kier molecular flexibility index (Phi) is 4.94. The molecule has 100 valence electrons. The molecule has 3 unspecified atom stereocenters. The molecule has 1 aliphatic rings. The summed E-state index contributed by atoms with van der Waals surface area (Å²) in [5.74, 6) is 1.74. The number of hydrogen-bond acceptors (Lipinski definition) is 1. The maximum atomic E-state index is 6.04. The van der Waals surface area contributed by atoms with Crippen molar-refractivity contribution in [1.29, 1.82) is 0 Å². The second-order valence-electron chi connectivity index (χ2n) is 5.59. The Bertz CT molecular complexity index is 405. The van der Waals surface area contributed by atoms with Crippen LogP contribution in [0.1, 0.15) is 44.7 Å². The van der Waals surface area contributed by atoms with E-state index in [0.29, 0.717) is 16.1 Å². The van der Waals surface area contributed by atoms with Gasteiger partial charge in [-0.1, -0.05) is 42.6 Å². The predicted molar refractivity (Wildman–Crippen MR) is 79.4 cm³/mol. The van der Waals surface area contributed by atoms with Gasteiger partial charge >= 0.3 is 0 Å². The van der Waals surface area contributed by atoms with Crippen LogP contribution in [-0.2, 0) is 0 Å². The van der Waals surface area contributed by atoms with E-state index in [4.69, 9.17) is 23.2 Å². The third-order valence-corrected chi connectivity index (χ3v) is 4.70. The second kappa shape index (κ2) is 6.27. The van der Waals surface area contributed by atoms with Crippen LogP contribution in [0.15, 0.2) is 18.2 Å². The maximum Gasteiger partial charge on any atom is 0.0595 e. The zero-order valence-corrected chi connectivity index (χ0v) is 12.6. The number of halogens is 2. The summed E-state index contributed by atoms with van der Waals surface area (Å²) in [4.78, 5) is 0. The summed E-state index contributed by atoms with van der Waals surface area (Å²) in [7, 11) is 0. The lowest BCUT2D eigenvalue weighted by Crippen LogP contribution is -2.24. The maximum absolute atomic E-state index is 6.04. The lowest BCUT2D eigenvalue weighted by atomic mass is 10.0. The zero-order chi connectivity index (χ0) is 13.1. The van der Waals surface area contributed by atoms with E-state index >= 15 is 0 Å². The van der Waals surface area contributed by atoms with Gasteiger partial charge in [-0.25, -0.2) is 0 Å². The number of benzene rings is 1. The molecule has 2 rings (SSSR count). The van der Waals surface area contributed by atoms with E-state index < -0.39 is 0 Å². The van der Waals surface area contributed by atoms with E-state index in [1.807, 2.05) is 18.2 Å². The Hall–Kier alpha value is -0.240. The summed E-state index contributed by atoms with van der Waals surface area (Å²) in [6, 6.07) is 6.20. The van der Waals surface area contributed by atoms with Gasteiger partial charge in [0, 0.05) is 6.04 Å². The van der Waals surface area contributed by atoms with E-state index in [1.54, 1.807) is 0 Å². The van der Waals surface area contributed by atoms with Gasteiger partial charge in [-0.15, -0.1) is 0 Å². The summed E-state index contributed by atoms with van der Waals surface area (Å²) in [6.07, 6.45) is 4.11. The molecule has 1 saturated carbocycles. The molecule has 3 atom stereocenters. The van der Waals surface area contributed by atoms with E-state index in [0.717, 1.165) is 18.4 Å². The van der Waals surface area contributed by atoms with Crippen molar-refractivity contribution in [2.45, 2.75) is 39.2 Å². The van der Waals surface area contributed by atoms with Crippen molar-refractivity contribution in [1.82, 2.24) is 5.32 Å². The fourth-order valence-corrected chi connectivity index (χ4v) is 3.06. The van der Waals surface area contributed by atoms with Gasteiger partial charge in [0.15, 0.2) is 0 Å². The highest BCUT2D eigenvalue weighted by Crippen LogP contribution is 2.30. The summed E-state index contributed by atoms with van der Waals surface area (Å²) in [5.41, 5.74) is 1.20. The first kappa shape index (κ1) is 14.2. The van der Waals surface area contributed by atoms with Crippen LogP contribution in [0.3, 0.4) is 0 Å². The Morgan fingerprint density at radius 1 is 1.28 bits per heavy atom. The Morgan fingerprint density at radius 2 is 2.06 bits per heavy atom. The molecular formula is C15H21Cl2N. The van der Waals surface area contributed by atoms with Gasteiger partial charge in [0.25, 0.3) is 0 Å². The van der Waals surface area contributed by atoms with E-state index in [9.17, 15) is 0 Å². The molecule has 1 aliphatic carbocycles. The summed E-state index contributed by atoms with van der Waals surface area (Å²) in [6.45, 7) is 5.63. The number of rotatable bonds is 4. The Morgan fingerprint density at radius 3 is 2.67 bits per heavy atom. The first-order valence-electron chi connectivity index (χ1n) is 6.74. The van der Waals surface area contributed by atoms with Crippen molar-refractivity contribution in [3.05, 3.63) is 33.8 Å². The van der Waals surface area contributed by atoms with Crippen LogP contribution in [0.4, 0.5) is 0 Å². The summed E-state index contributed by atoms with van der Waals surface area (Å²) >= 11 is 12.0. The highest BCUT2D eigenvalue weighted by molar-refractivity contribution is 6.42. The Labute approximate surface area is 120 Å². The molecule has 0 amide bonds. The highest BCUT2D eigenvalue weighted by atomic mass is 35.5. The second-order valence-corrected chi connectivity index (χ2v) is 6.40. The minimum absolute atomic E-state index is 0.329. The van der Waals surface area contributed by atoms with Crippen LogP contribution < -0.4 is 5.32 Å². The van der Waals surface area contributed by atoms with E-state index in [1.165, 1.54) is 24.8 Å². The molecule has 0 spiro atoms. The van der Waals surface area contributed by atoms with Crippen molar-refractivity contribution in [3.63, 3.8) is 0 Å². The Balaban J connectivity index is 1.87. The van der Waals surface area contributed by atoms with Gasteiger partial charge in [-0.05, 0) is 55.8 Å². The first-order chi connectivity index (χ1) is 8.56. The van der Waals surface area contributed by atoms with Gasteiger partial charge < -0.3 is 5.32 Å². The minimum Gasteiger partial charge on any atom is -0.310 e. The van der Waals surface area contributed by atoms with Crippen LogP contribution in [0.25, 0.3) is 0 Å². The fraction of sp³-hybridized carbons (Fsp3) is 0.600. The molecule has 0 heterocycles. The molecule has 1 aromatic rings. The average molecular weight is 286 g/mol. The molecule has 0 aromatic heterocycles. The molecule has 18 heavy (non-hydrogen) atoms. The van der Waals surface area contributed by atoms with Crippen LogP contribution in [0, 0.1) is 11.8 Å². The van der Waals surface area contributed by atoms with Gasteiger partial charge in [-0.3, -0.25) is 0 Å². The van der Waals surface area contributed by atoms with Gasteiger partial charge in [0.05, 0.1) is 10.0 Å². The molecule has 1 N–H and O–H groups in total. The fourth-order valence-electron chi connectivity index (χ4n) is 2.75. The van der Waals surface area contributed by atoms with Gasteiger partial charge in [0.2, 0.25) is 0 Å². The number of nitrogens with one attached hydrogen (secondary N) is 1. The standard InChI is InChI=1S/C15H21Cl2N/c1-10-3-4-12(7-10)9-18-11(2)13-5-6-14(16)15(17)8-13/h5-6,8,10-12,18H,3-4,7,9H2,1-2H3. The number of hydrogen-bond donors (Lipinski definition) is 1. The van der Waals surface area contributed by atoms with Crippen molar-refractivity contribution in [3.8, 4) is 0 Å². The largest absolute Gasteiger partial charge is 0.310 e. The molecular weight excluding hydrogens is 265 g/mol. The lowest BCUT2D eigenvalue weighted by Gasteiger charge is -2.18. The first-order valence-corrected chi connectivity index (χ1v) is 7.50. The smallest absolute Gasteiger partial charge is 0.0595 e. The molecule has 1 aromatic carbocycles. The summed E-state index contributed by atoms with van der Waals surface area (Å²) < 4.78 is 0. The van der Waals surface area contributed by atoms with Crippen molar-refractivity contribution >= 4 is 23.2 Å². The molecule has 0 bridgehead atoms. The topological polar surface area (TPSA) is 12.0 Å². The van der Waals surface area contributed by atoms with Crippen LogP contribution in [-0.4, -0.2) is 6.54 Å². The minimum atomic E-state index is 0.329. The van der Waals surface area contributed by atoms with Crippen molar-refractivity contribution < 1.29 is 0 Å². The quantitative estimate of drug-likeness (QED) is 0.813. The van der Waals surface area contributed by atoms with E-state index in [-0.39, 0.29) is 0 Å². The van der Waals surface area contributed by atoms with E-state index in [2.05, 4.69) is 19.2 Å². The van der Waals surface area contributed by atoms with Crippen LogP contribution in [0.5, 0.6) is 0 Å². The lowest BCUT2D eigenvalue weighted by molar-refractivity contribution is 0.440. The highest BCUT2D eigenvalue weighted by Gasteiger charge is 2.21. The third kappa shape index (κ3) is 3.63. The molecule has 1 fully saturated rings. The molecule has 3 heteroatoms. The normalized spacial score (nSPS) is 25.3. The molecule has 0 aliphatic heterocycles. The zero-order valence-electron chi connectivity index (χ0n) is 11.0. The van der Waals surface area contributed by atoms with Gasteiger partial charge in [0.1, 0.15) is 0 Å². The average Bonchev–Trinajstić information content (AvgIpc) is 2.75. The monoisotopic (exact) mass is 285 g/mol. The van der Waals surface area contributed by atoms with Crippen molar-refractivity contribution in [2.75, 3.05) is 6.54 Å². The third-order valence-electron chi connectivity index (χ3n) is 3.96. The van der Waals surface area contributed by atoms with Crippen LogP contribution >= 0.6 is 23.2 Å². The summed E-state index contributed by atoms with van der Waals surface area (Å²) in [5, 5.41) is 4.87. The van der Waals surface area contributed by atoms with Crippen molar-refractivity contribution in [2.24, 2.45) is 11.8 Å². The molecule has 0 radical (unpaired) electrons. The molecule has 1 nitrogen and oxygen atoms in total. The van der Waals surface area contributed by atoms with Crippen LogP contribution in [0.2, 0.25) is 10.0 Å². The predicted octanol–water partition coefficient (Wildman–Crippen LogP) is 5.08. The van der Waals surface area contributed by atoms with Gasteiger partial charge in [-0.2, -0.15) is 0 Å².